The first-order chi connectivity index (χ1) is 11.7. The van der Waals surface area contributed by atoms with Gasteiger partial charge >= 0.3 is 6.18 Å². The van der Waals surface area contributed by atoms with Crippen molar-refractivity contribution in [3.8, 4) is 5.75 Å². The van der Waals surface area contributed by atoms with Crippen molar-refractivity contribution in [1.29, 1.82) is 0 Å². The SMILES string of the molecule is CC(C)=CCCC1=C(/C=C(/C)Oc2ccc(C(F)(F)F)cc2)C(=O)C1. The lowest BCUT2D eigenvalue weighted by Gasteiger charge is -2.20. The zero-order valence-electron chi connectivity index (χ0n) is 14.5. The lowest BCUT2D eigenvalue weighted by Crippen LogP contribution is -2.17. The number of allylic oxidation sites excluding steroid dienone is 6. The highest BCUT2D eigenvalue weighted by atomic mass is 19.4. The molecule has 1 aliphatic carbocycles. The van der Waals surface area contributed by atoms with Gasteiger partial charge in [-0.1, -0.05) is 17.2 Å². The number of alkyl halides is 3. The summed E-state index contributed by atoms with van der Waals surface area (Å²) in [7, 11) is 0. The van der Waals surface area contributed by atoms with Crippen molar-refractivity contribution in [2.45, 2.75) is 46.2 Å². The number of ether oxygens (including phenoxy) is 1. The number of ketones is 1. The lowest BCUT2D eigenvalue weighted by atomic mass is 9.83. The zero-order chi connectivity index (χ0) is 18.6. The Balaban J connectivity index is 2.05. The van der Waals surface area contributed by atoms with Crippen molar-refractivity contribution in [3.05, 3.63) is 64.5 Å². The number of hydrogen-bond acceptors (Lipinski definition) is 2. The minimum atomic E-state index is -4.37. The summed E-state index contributed by atoms with van der Waals surface area (Å²) in [5, 5.41) is 0. The highest BCUT2D eigenvalue weighted by Gasteiger charge is 2.30. The minimum absolute atomic E-state index is 0.0718. The molecular weight excluding hydrogens is 329 g/mol. The molecule has 0 fully saturated rings. The van der Waals surface area contributed by atoms with Gasteiger partial charge in [-0.2, -0.15) is 13.2 Å². The Kier molecular flexibility index (Phi) is 5.88. The first-order valence-electron chi connectivity index (χ1n) is 8.09. The van der Waals surface area contributed by atoms with Crippen LogP contribution in [0.2, 0.25) is 0 Å². The van der Waals surface area contributed by atoms with E-state index in [1.165, 1.54) is 17.7 Å². The quantitative estimate of drug-likeness (QED) is 0.464. The smallest absolute Gasteiger partial charge is 0.416 e. The van der Waals surface area contributed by atoms with E-state index in [1.807, 2.05) is 13.8 Å². The number of hydrogen-bond donors (Lipinski definition) is 0. The molecule has 0 N–H and O–H groups in total. The Morgan fingerprint density at radius 1 is 1.16 bits per heavy atom. The molecule has 0 atom stereocenters. The van der Waals surface area contributed by atoms with Crippen LogP contribution in [-0.2, 0) is 11.0 Å². The van der Waals surface area contributed by atoms with E-state index >= 15 is 0 Å². The molecule has 0 amide bonds. The Labute approximate surface area is 145 Å². The van der Waals surface area contributed by atoms with E-state index < -0.39 is 11.7 Å². The van der Waals surface area contributed by atoms with Gasteiger partial charge in [-0.3, -0.25) is 4.79 Å². The van der Waals surface area contributed by atoms with Gasteiger partial charge in [-0.05, 0) is 64.0 Å². The molecular formula is C20H21F3O2. The van der Waals surface area contributed by atoms with Crippen molar-refractivity contribution in [3.63, 3.8) is 0 Å². The number of rotatable bonds is 6. The first kappa shape index (κ1) is 19.0. The lowest BCUT2D eigenvalue weighted by molar-refractivity contribution is -0.137. The van der Waals surface area contributed by atoms with Gasteiger partial charge in [0.2, 0.25) is 0 Å². The Morgan fingerprint density at radius 3 is 2.32 bits per heavy atom. The Bertz CT molecular complexity index is 731. The molecule has 0 heterocycles. The van der Waals surface area contributed by atoms with Crippen molar-refractivity contribution in [2.24, 2.45) is 0 Å². The molecule has 0 unspecified atom stereocenters. The molecule has 5 heteroatoms. The molecule has 1 aliphatic rings. The molecule has 2 rings (SSSR count). The van der Waals surface area contributed by atoms with Crippen LogP contribution >= 0.6 is 0 Å². The molecule has 2 nitrogen and oxygen atoms in total. The van der Waals surface area contributed by atoms with Gasteiger partial charge in [0, 0.05) is 12.0 Å². The monoisotopic (exact) mass is 350 g/mol. The van der Waals surface area contributed by atoms with E-state index in [4.69, 9.17) is 4.74 Å². The van der Waals surface area contributed by atoms with Crippen molar-refractivity contribution in [1.82, 2.24) is 0 Å². The molecule has 1 aromatic carbocycles. The van der Waals surface area contributed by atoms with Gasteiger partial charge < -0.3 is 4.74 Å². The Morgan fingerprint density at radius 2 is 1.80 bits per heavy atom. The van der Waals surface area contributed by atoms with E-state index in [-0.39, 0.29) is 5.78 Å². The number of carbonyl (C=O) groups is 1. The second-order valence-electron chi connectivity index (χ2n) is 6.32. The third-order valence-electron chi connectivity index (χ3n) is 3.86. The molecule has 0 saturated heterocycles. The number of benzene rings is 1. The average molecular weight is 350 g/mol. The van der Waals surface area contributed by atoms with Crippen molar-refractivity contribution in [2.75, 3.05) is 0 Å². The van der Waals surface area contributed by atoms with Crippen LogP contribution in [0.5, 0.6) is 5.75 Å². The Hall–Kier alpha value is -2.30. The molecule has 134 valence electrons. The van der Waals surface area contributed by atoms with E-state index in [0.29, 0.717) is 23.5 Å². The van der Waals surface area contributed by atoms with E-state index in [1.54, 1.807) is 13.0 Å². The first-order valence-corrected chi connectivity index (χ1v) is 8.09. The number of carbonyl (C=O) groups excluding carboxylic acids is 1. The predicted octanol–water partition coefficient (Wildman–Crippen LogP) is 6.00. The van der Waals surface area contributed by atoms with Gasteiger partial charge in [-0.25, -0.2) is 0 Å². The van der Waals surface area contributed by atoms with Gasteiger partial charge in [0.15, 0.2) is 5.78 Å². The maximum absolute atomic E-state index is 12.5. The maximum atomic E-state index is 12.5. The van der Waals surface area contributed by atoms with Crippen LogP contribution in [0.25, 0.3) is 0 Å². The van der Waals surface area contributed by atoms with Crippen LogP contribution in [0.1, 0.15) is 45.6 Å². The van der Waals surface area contributed by atoms with Crippen molar-refractivity contribution < 1.29 is 22.7 Å². The fourth-order valence-electron chi connectivity index (χ4n) is 2.55. The summed E-state index contributed by atoms with van der Waals surface area (Å²) >= 11 is 0. The third kappa shape index (κ3) is 5.34. The highest BCUT2D eigenvalue weighted by molar-refractivity contribution is 6.07. The minimum Gasteiger partial charge on any atom is -0.462 e. The molecule has 0 radical (unpaired) electrons. The second kappa shape index (κ2) is 7.72. The van der Waals surface area contributed by atoms with Crippen LogP contribution < -0.4 is 4.74 Å². The molecule has 0 saturated carbocycles. The van der Waals surface area contributed by atoms with Crippen LogP contribution in [0.3, 0.4) is 0 Å². The highest BCUT2D eigenvalue weighted by Crippen LogP contribution is 2.32. The molecule has 0 spiro atoms. The third-order valence-corrected chi connectivity index (χ3v) is 3.86. The summed E-state index contributed by atoms with van der Waals surface area (Å²) in [6.07, 6.45) is 1.62. The summed E-state index contributed by atoms with van der Waals surface area (Å²) in [4.78, 5) is 11.8. The van der Waals surface area contributed by atoms with Crippen LogP contribution in [0.15, 0.2) is 58.9 Å². The van der Waals surface area contributed by atoms with Gasteiger partial charge in [0.1, 0.15) is 11.5 Å². The normalized spacial score (nSPS) is 15.1. The predicted molar refractivity (Wildman–Crippen MR) is 91.1 cm³/mol. The molecule has 0 bridgehead atoms. The molecule has 25 heavy (non-hydrogen) atoms. The largest absolute Gasteiger partial charge is 0.462 e. The summed E-state index contributed by atoms with van der Waals surface area (Å²) < 4.78 is 43.2. The van der Waals surface area contributed by atoms with Gasteiger partial charge in [0.25, 0.3) is 0 Å². The van der Waals surface area contributed by atoms with Gasteiger partial charge in [-0.15, -0.1) is 0 Å². The molecule has 1 aromatic rings. The van der Waals surface area contributed by atoms with Gasteiger partial charge in [0.05, 0.1) is 5.56 Å². The van der Waals surface area contributed by atoms with E-state index in [2.05, 4.69) is 6.08 Å². The van der Waals surface area contributed by atoms with E-state index in [9.17, 15) is 18.0 Å². The molecule has 0 aliphatic heterocycles. The average Bonchev–Trinajstić information content (AvgIpc) is 2.51. The van der Waals surface area contributed by atoms with Crippen LogP contribution in [0.4, 0.5) is 13.2 Å². The van der Waals surface area contributed by atoms with E-state index in [0.717, 1.165) is 30.5 Å². The van der Waals surface area contributed by atoms with Crippen LogP contribution in [0, 0.1) is 0 Å². The second-order valence-corrected chi connectivity index (χ2v) is 6.32. The summed E-state index contributed by atoms with van der Waals surface area (Å²) in [5.74, 6) is 0.852. The number of Topliss-reactive ketones (excluding diaryl/α,β-unsaturated/α-hetero) is 1. The maximum Gasteiger partial charge on any atom is 0.416 e. The summed E-state index contributed by atoms with van der Waals surface area (Å²) in [6.45, 7) is 5.75. The summed E-state index contributed by atoms with van der Waals surface area (Å²) in [5.41, 5.74) is 2.27. The fourth-order valence-corrected chi connectivity index (χ4v) is 2.55. The fraction of sp³-hybridized carbons (Fsp3) is 0.350. The van der Waals surface area contributed by atoms with Crippen molar-refractivity contribution >= 4 is 5.78 Å². The zero-order valence-corrected chi connectivity index (χ0v) is 14.5. The topological polar surface area (TPSA) is 26.3 Å². The molecule has 0 aromatic heterocycles. The standard InChI is InChI=1S/C20H21F3O2/c1-13(2)5-4-6-15-12-19(24)18(15)11-14(3)25-17-9-7-16(8-10-17)20(21,22)23/h5,7-11H,4,6,12H2,1-3H3/b14-11-. The number of halogens is 3. The summed E-state index contributed by atoms with van der Waals surface area (Å²) in [6, 6.07) is 4.49. The van der Waals surface area contributed by atoms with Crippen LogP contribution in [-0.4, -0.2) is 5.78 Å².